The Kier molecular flexibility index (Phi) is 8.78. The molecule has 1 N–H and O–H groups in total. The van der Waals surface area contributed by atoms with Crippen LogP contribution in [-0.4, -0.2) is 21.0 Å². The first-order valence-electron chi connectivity index (χ1n) is 9.95. The fourth-order valence-electron chi connectivity index (χ4n) is 3.02. The molecule has 33 heavy (non-hydrogen) atoms. The van der Waals surface area contributed by atoms with Gasteiger partial charge in [0.05, 0.1) is 0 Å². The van der Waals surface area contributed by atoms with Gasteiger partial charge in [0.2, 0.25) is 0 Å². The Hall–Kier alpha value is -3.44. The van der Waals surface area contributed by atoms with Gasteiger partial charge in [-0.1, -0.05) is 66.7 Å². The minimum Gasteiger partial charge on any atom is -0.477 e. The van der Waals surface area contributed by atoms with E-state index >= 15 is 0 Å². The summed E-state index contributed by atoms with van der Waals surface area (Å²) < 4.78 is 0. The molecule has 2 heterocycles. The second-order valence-electron chi connectivity index (χ2n) is 6.73. The monoisotopic (exact) mass is 628 g/mol. The van der Waals surface area contributed by atoms with Crippen LogP contribution in [-0.2, 0) is 20.1 Å². The van der Waals surface area contributed by atoms with Gasteiger partial charge in [-0.3, -0.25) is 4.98 Å². The maximum Gasteiger partial charge on any atom is 0.354 e. The van der Waals surface area contributed by atoms with Gasteiger partial charge in [-0.25, -0.2) is 9.78 Å². The van der Waals surface area contributed by atoms with E-state index in [2.05, 4.69) is 53.5 Å². The fraction of sp³-hybridized carbons (Fsp3) is 0. The van der Waals surface area contributed by atoms with Crippen LogP contribution in [0.4, 0.5) is 0 Å². The van der Waals surface area contributed by atoms with Gasteiger partial charge in [0, 0.05) is 42.4 Å². The third-order valence-electron chi connectivity index (χ3n) is 4.53. The molecule has 6 heteroatoms. The smallest absolute Gasteiger partial charge is 0.354 e. The van der Waals surface area contributed by atoms with Crippen molar-refractivity contribution >= 4 is 17.3 Å². The van der Waals surface area contributed by atoms with E-state index in [4.69, 9.17) is 10.1 Å². The van der Waals surface area contributed by atoms with Gasteiger partial charge in [0.25, 0.3) is 0 Å². The molecule has 1 radical (unpaired) electrons. The van der Waals surface area contributed by atoms with Crippen LogP contribution < -0.4 is 0 Å². The summed E-state index contributed by atoms with van der Waals surface area (Å²) in [5.41, 5.74) is 4.46. The molecule has 0 atom stereocenters. The van der Waals surface area contributed by atoms with Gasteiger partial charge in [0.15, 0.2) is 0 Å². The number of hydrogen-bond acceptors (Lipinski definition) is 4. The summed E-state index contributed by atoms with van der Waals surface area (Å²) in [6.07, 6.45) is 1.45. The SMILES string of the molecule is O=C(O)c1ccccn1.[Ir].[c-]1ccccc1-c1nc(-c2ccccc2)sc1-c1ccccc1. The van der Waals surface area contributed by atoms with Crippen LogP contribution in [0.2, 0.25) is 0 Å². The van der Waals surface area contributed by atoms with E-state index in [0.717, 1.165) is 21.8 Å². The average Bonchev–Trinajstić information content (AvgIpc) is 3.32. The number of aromatic nitrogens is 2. The van der Waals surface area contributed by atoms with Crippen molar-refractivity contribution in [3.8, 4) is 32.3 Å². The molecule has 0 bridgehead atoms. The number of rotatable bonds is 4. The molecule has 4 nitrogen and oxygen atoms in total. The largest absolute Gasteiger partial charge is 0.477 e. The molecular weight excluding hydrogens is 609 g/mol. The van der Waals surface area contributed by atoms with Crippen molar-refractivity contribution in [2.45, 2.75) is 0 Å². The summed E-state index contributed by atoms with van der Waals surface area (Å²) in [6.45, 7) is 0. The molecule has 0 spiro atoms. The number of aromatic carboxylic acids is 1. The summed E-state index contributed by atoms with van der Waals surface area (Å²) in [5.74, 6) is -0.990. The molecule has 3 aromatic carbocycles. The van der Waals surface area contributed by atoms with Crippen molar-refractivity contribution < 1.29 is 30.0 Å². The third-order valence-corrected chi connectivity index (χ3v) is 5.69. The maximum atomic E-state index is 10.1. The predicted octanol–water partition coefficient (Wildman–Crippen LogP) is 6.72. The number of thiazole rings is 1. The molecule has 5 aromatic rings. The van der Waals surface area contributed by atoms with E-state index in [1.807, 2.05) is 42.5 Å². The summed E-state index contributed by atoms with van der Waals surface area (Å²) >= 11 is 1.73. The third kappa shape index (κ3) is 6.30. The van der Waals surface area contributed by atoms with Gasteiger partial charge in [-0.05, 0) is 17.7 Å². The number of carboxylic acids is 1. The summed E-state index contributed by atoms with van der Waals surface area (Å²) in [4.78, 5) is 19.8. The van der Waals surface area contributed by atoms with E-state index in [9.17, 15) is 4.79 Å². The van der Waals surface area contributed by atoms with Gasteiger partial charge in [-0.2, -0.15) is 0 Å². The molecule has 0 aliphatic carbocycles. The van der Waals surface area contributed by atoms with Gasteiger partial charge in [0.1, 0.15) is 10.7 Å². The van der Waals surface area contributed by atoms with Crippen LogP contribution in [0.5, 0.6) is 0 Å². The first kappa shape index (κ1) is 24.2. The Morgan fingerprint density at radius 2 is 1.42 bits per heavy atom. The summed E-state index contributed by atoms with van der Waals surface area (Å²) in [5, 5.41) is 9.36. The molecule has 0 saturated carbocycles. The number of hydrogen-bond donors (Lipinski definition) is 1. The second kappa shape index (κ2) is 12.0. The van der Waals surface area contributed by atoms with E-state index in [-0.39, 0.29) is 25.8 Å². The minimum absolute atomic E-state index is 0. The number of benzene rings is 3. The van der Waals surface area contributed by atoms with Crippen LogP contribution >= 0.6 is 11.3 Å². The zero-order valence-corrected chi connectivity index (χ0v) is 20.6. The number of pyridine rings is 1. The van der Waals surface area contributed by atoms with Crippen LogP contribution in [0.1, 0.15) is 10.5 Å². The molecule has 0 unspecified atom stereocenters. The predicted molar refractivity (Wildman–Crippen MR) is 128 cm³/mol. The van der Waals surface area contributed by atoms with Crippen LogP contribution in [0.15, 0.2) is 109 Å². The van der Waals surface area contributed by atoms with Crippen LogP contribution in [0, 0.1) is 6.07 Å². The first-order chi connectivity index (χ1) is 15.7. The van der Waals surface area contributed by atoms with E-state index in [0.29, 0.717) is 0 Å². The van der Waals surface area contributed by atoms with E-state index in [1.54, 1.807) is 23.5 Å². The summed E-state index contributed by atoms with van der Waals surface area (Å²) in [7, 11) is 0. The normalized spacial score (nSPS) is 9.82. The first-order valence-corrected chi connectivity index (χ1v) is 10.8. The molecule has 0 saturated heterocycles. The molecular formula is C27H19IrN2O2S-. The van der Waals surface area contributed by atoms with Crippen molar-refractivity contribution in [1.82, 2.24) is 9.97 Å². The Morgan fingerprint density at radius 3 is 1.97 bits per heavy atom. The maximum absolute atomic E-state index is 10.1. The average molecular weight is 628 g/mol. The van der Waals surface area contributed by atoms with E-state index in [1.165, 1.54) is 22.7 Å². The Balaban J connectivity index is 0.000000260. The Labute approximate surface area is 210 Å². The van der Waals surface area contributed by atoms with Gasteiger partial charge < -0.3 is 5.11 Å². The van der Waals surface area contributed by atoms with E-state index < -0.39 is 5.97 Å². The molecule has 165 valence electrons. The number of carboxylic acid groups (broad SMARTS) is 1. The topological polar surface area (TPSA) is 63.1 Å². The minimum atomic E-state index is -0.990. The number of nitrogens with zero attached hydrogens (tertiary/aromatic N) is 2. The fourth-order valence-corrected chi connectivity index (χ4v) is 4.11. The van der Waals surface area contributed by atoms with Gasteiger partial charge in [-0.15, -0.1) is 47.2 Å². The van der Waals surface area contributed by atoms with Crippen LogP contribution in [0.25, 0.3) is 32.3 Å². The zero-order valence-electron chi connectivity index (χ0n) is 17.4. The molecule has 0 aliphatic heterocycles. The molecule has 5 rings (SSSR count). The van der Waals surface area contributed by atoms with Crippen molar-refractivity contribution in [1.29, 1.82) is 0 Å². The van der Waals surface area contributed by atoms with Crippen molar-refractivity contribution in [2.24, 2.45) is 0 Å². The Bertz CT molecular complexity index is 1220. The van der Waals surface area contributed by atoms with Crippen molar-refractivity contribution in [3.05, 3.63) is 121 Å². The van der Waals surface area contributed by atoms with Crippen molar-refractivity contribution in [3.63, 3.8) is 0 Å². The quantitative estimate of drug-likeness (QED) is 0.225. The zero-order chi connectivity index (χ0) is 22.2. The van der Waals surface area contributed by atoms with Gasteiger partial charge >= 0.3 is 5.97 Å². The molecule has 0 fully saturated rings. The Morgan fingerprint density at radius 1 is 0.788 bits per heavy atom. The van der Waals surface area contributed by atoms with Crippen LogP contribution in [0.3, 0.4) is 0 Å². The standard InChI is InChI=1S/C21H14NS.C6H5NO2.Ir/c1-4-10-16(11-5-1)19-20(17-12-6-2-7-13-17)23-21(22-19)18-14-8-3-9-15-18;8-6(9)5-3-1-2-4-7-5;/h1-10,12-15H;1-4H,(H,8,9);/q-1;;. The molecule has 2 aromatic heterocycles. The second-order valence-corrected chi connectivity index (χ2v) is 7.72. The number of carbonyl (C=O) groups is 1. The molecule has 0 amide bonds. The summed E-state index contributed by atoms with van der Waals surface area (Å²) in [6, 6.07) is 36.8. The molecule has 0 aliphatic rings. The van der Waals surface area contributed by atoms with Crippen molar-refractivity contribution in [2.75, 3.05) is 0 Å².